The number of anilines is 1. The third-order valence-corrected chi connectivity index (χ3v) is 7.07. The summed E-state index contributed by atoms with van der Waals surface area (Å²) in [5.41, 5.74) is 1.89. The van der Waals surface area contributed by atoms with Crippen molar-refractivity contribution in [1.82, 2.24) is 14.6 Å². The first-order valence-corrected chi connectivity index (χ1v) is 12.7. The van der Waals surface area contributed by atoms with Crippen LogP contribution in [0.1, 0.15) is 73.5 Å². The van der Waals surface area contributed by atoms with Gasteiger partial charge < -0.3 is 19.9 Å². The molecule has 3 atom stereocenters. The van der Waals surface area contributed by atoms with E-state index in [0.717, 1.165) is 18.5 Å². The highest BCUT2D eigenvalue weighted by atomic mass is 16.6. The largest absolute Gasteiger partial charge is 0.463 e. The number of ether oxygens (including phenoxy) is 2. The summed E-state index contributed by atoms with van der Waals surface area (Å²) in [6, 6.07) is 12.6. The number of aliphatic hydroxyl groups excluding tert-OH is 1. The van der Waals surface area contributed by atoms with E-state index in [-0.39, 0.29) is 18.5 Å². The number of carbonyl (C=O) groups is 2. The van der Waals surface area contributed by atoms with Gasteiger partial charge in [0, 0.05) is 24.8 Å². The average molecular weight is 493 g/mol. The first-order valence-electron chi connectivity index (χ1n) is 12.7. The third-order valence-electron chi connectivity index (χ3n) is 7.07. The SMILES string of the molecule is O=C(CC1CCCCC1)OC[C@@H]1C[C@@H](O)CC(c2ccc3c(NC(=O)c4ccccc4)ncnn23)O1. The molecule has 1 unspecified atom stereocenters. The number of hydrogen-bond acceptors (Lipinski definition) is 7. The summed E-state index contributed by atoms with van der Waals surface area (Å²) in [5, 5.41) is 17.7. The van der Waals surface area contributed by atoms with Gasteiger partial charge in [-0.3, -0.25) is 9.59 Å². The Kier molecular flexibility index (Phi) is 7.58. The zero-order chi connectivity index (χ0) is 24.9. The summed E-state index contributed by atoms with van der Waals surface area (Å²) in [5.74, 6) is 0.343. The first-order chi connectivity index (χ1) is 17.6. The summed E-state index contributed by atoms with van der Waals surface area (Å²) < 4.78 is 13.4. The van der Waals surface area contributed by atoms with Gasteiger partial charge in [-0.05, 0) is 43.0 Å². The van der Waals surface area contributed by atoms with Crippen molar-refractivity contribution in [2.45, 2.75) is 69.7 Å². The molecule has 36 heavy (non-hydrogen) atoms. The molecule has 3 aromatic rings. The number of nitrogens with zero attached hydrogens (tertiary/aromatic N) is 3. The summed E-state index contributed by atoms with van der Waals surface area (Å²) in [4.78, 5) is 29.2. The molecular formula is C27H32N4O5. The predicted octanol–water partition coefficient (Wildman–Crippen LogP) is 4.08. The fraction of sp³-hybridized carbons (Fsp3) is 0.481. The monoisotopic (exact) mass is 492 g/mol. The van der Waals surface area contributed by atoms with Crippen LogP contribution in [0.2, 0.25) is 0 Å². The molecule has 1 aliphatic heterocycles. The molecule has 2 aliphatic rings. The molecule has 1 saturated heterocycles. The number of benzene rings is 1. The maximum atomic E-state index is 12.6. The van der Waals surface area contributed by atoms with Crippen LogP contribution in [0.15, 0.2) is 48.8 Å². The van der Waals surface area contributed by atoms with Crippen LogP contribution in [0, 0.1) is 5.92 Å². The van der Waals surface area contributed by atoms with Crippen molar-refractivity contribution in [1.29, 1.82) is 0 Å². The second-order valence-corrected chi connectivity index (χ2v) is 9.75. The van der Waals surface area contributed by atoms with Gasteiger partial charge in [-0.1, -0.05) is 37.5 Å². The number of hydrogen-bond donors (Lipinski definition) is 2. The van der Waals surface area contributed by atoms with Crippen LogP contribution in [0.25, 0.3) is 5.52 Å². The average Bonchev–Trinajstić information content (AvgIpc) is 3.34. The Morgan fingerprint density at radius 1 is 1.08 bits per heavy atom. The Hall–Kier alpha value is -3.30. The molecule has 1 amide bonds. The summed E-state index contributed by atoms with van der Waals surface area (Å²) >= 11 is 0. The van der Waals surface area contributed by atoms with E-state index in [2.05, 4.69) is 15.4 Å². The first kappa shape index (κ1) is 24.4. The molecule has 9 nitrogen and oxygen atoms in total. The van der Waals surface area contributed by atoms with Crippen molar-refractivity contribution < 1.29 is 24.2 Å². The van der Waals surface area contributed by atoms with Crippen molar-refractivity contribution in [3.63, 3.8) is 0 Å². The standard InChI is InChI=1S/C27H32N4O5/c32-20-14-21(16-35-25(33)13-18-7-3-1-4-8-18)36-24(15-20)22-11-12-23-26(28-17-29-31(22)23)30-27(34)19-9-5-2-6-10-19/h2,5-6,9-12,17-18,20-21,24,32H,1,3-4,7-8,13-16H2,(H,28,29,30,34)/t20-,21+,24?/m1/s1. The fourth-order valence-corrected chi connectivity index (χ4v) is 5.22. The van der Waals surface area contributed by atoms with E-state index in [4.69, 9.17) is 9.47 Å². The third kappa shape index (κ3) is 5.74. The Morgan fingerprint density at radius 3 is 2.69 bits per heavy atom. The molecule has 3 heterocycles. The minimum absolute atomic E-state index is 0.121. The quantitative estimate of drug-likeness (QED) is 0.478. The molecule has 2 N–H and O–H groups in total. The molecule has 5 rings (SSSR count). The summed E-state index contributed by atoms with van der Waals surface area (Å²) in [6.07, 6.45) is 7.00. The predicted molar refractivity (Wildman–Crippen MR) is 132 cm³/mol. The molecule has 0 spiro atoms. The lowest BCUT2D eigenvalue weighted by Gasteiger charge is -2.32. The van der Waals surface area contributed by atoms with Crippen LogP contribution in [0.3, 0.4) is 0 Å². The van der Waals surface area contributed by atoms with E-state index in [9.17, 15) is 14.7 Å². The molecule has 1 saturated carbocycles. The second-order valence-electron chi connectivity index (χ2n) is 9.75. The van der Waals surface area contributed by atoms with E-state index in [1.807, 2.05) is 18.2 Å². The molecule has 0 radical (unpaired) electrons. The lowest BCUT2D eigenvalue weighted by molar-refractivity contribution is -0.159. The van der Waals surface area contributed by atoms with Gasteiger partial charge in [-0.25, -0.2) is 9.50 Å². The highest BCUT2D eigenvalue weighted by Crippen LogP contribution is 2.33. The van der Waals surface area contributed by atoms with Crippen molar-refractivity contribution >= 4 is 23.2 Å². The van der Waals surface area contributed by atoms with E-state index in [1.165, 1.54) is 25.6 Å². The number of nitrogens with one attached hydrogen (secondary N) is 1. The Morgan fingerprint density at radius 2 is 1.89 bits per heavy atom. The molecule has 1 aliphatic carbocycles. The van der Waals surface area contributed by atoms with Crippen LogP contribution < -0.4 is 5.32 Å². The maximum Gasteiger partial charge on any atom is 0.306 e. The molecule has 2 fully saturated rings. The molecule has 190 valence electrons. The minimum atomic E-state index is -0.588. The van der Waals surface area contributed by atoms with Crippen LogP contribution in [0.5, 0.6) is 0 Å². The molecule has 2 aromatic heterocycles. The van der Waals surface area contributed by atoms with Gasteiger partial charge in [-0.2, -0.15) is 5.10 Å². The molecule has 0 bridgehead atoms. The van der Waals surface area contributed by atoms with E-state index < -0.39 is 18.3 Å². The smallest absolute Gasteiger partial charge is 0.306 e. The zero-order valence-corrected chi connectivity index (χ0v) is 20.2. The number of amides is 1. The normalized spacial score (nSPS) is 22.9. The van der Waals surface area contributed by atoms with E-state index in [0.29, 0.717) is 42.1 Å². The second kappa shape index (κ2) is 11.2. The number of fused-ring (bicyclic) bond motifs is 1. The zero-order valence-electron chi connectivity index (χ0n) is 20.2. The Bertz CT molecular complexity index is 1190. The Balaban J connectivity index is 1.24. The van der Waals surface area contributed by atoms with Crippen LogP contribution in [0.4, 0.5) is 5.82 Å². The fourth-order valence-electron chi connectivity index (χ4n) is 5.22. The van der Waals surface area contributed by atoms with Gasteiger partial charge in [0.2, 0.25) is 0 Å². The maximum absolute atomic E-state index is 12.6. The lowest BCUT2D eigenvalue weighted by Crippen LogP contribution is -2.35. The van der Waals surface area contributed by atoms with Crippen molar-refractivity contribution in [2.24, 2.45) is 5.92 Å². The van der Waals surface area contributed by atoms with Gasteiger partial charge in [0.05, 0.1) is 17.9 Å². The van der Waals surface area contributed by atoms with Crippen LogP contribution >= 0.6 is 0 Å². The van der Waals surface area contributed by atoms with E-state index in [1.54, 1.807) is 28.8 Å². The Labute approximate surface area is 209 Å². The number of carbonyl (C=O) groups excluding carboxylic acids is 2. The van der Waals surface area contributed by atoms with Gasteiger partial charge >= 0.3 is 5.97 Å². The van der Waals surface area contributed by atoms with Gasteiger partial charge in [0.1, 0.15) is 24.6 Å². The van der Waals surface area contributed by atoms with Crippen molar-refractivity contribution in [2.75, 3.05) is 11.9 Å². The molecule has 9 heteroatoms. The molecular weight excluding hydrogens is 460 g/mol. The number of aromatic nitrogens is 3. The van der Waals surface area contributed by atoms with Crippen molar-refractivity contribution in [3.8, 4) is 0 Å². The highest BCUT2D eigenvalue weighted by Gasteiger charge is 2.32. The number of rotatable bonds is 7. The highest BCUT2D eigenvalue weighted by molar-refractivity contribution is 6.05. The molecule has 1 aromatic carbocycles. The van der Waals surface area contributed by atoms with Gasteiger partial charge in [0.15, 0.2) is 5.82 Å². The van der Waals surface area contributed by atoms with Crippen LogP contribution in [-0.2, 0) is 14.3 Å². The van der Waals surface area contributed by atoms with E-state index >= 15 is 0 Å². The summed E-state index contributed by atoms with van der Waals surface area (Å²) in [7, 11) is 0. The van der Waals surface area contributed by atoms with Gasteiger partial charge in [0.25, 0.3) is 5.91 Å². The number of aliphatic hydroxyl groups is 1. The topological polar surface area (TPSA) is 115 Å². The van der Waals surface area contributed by atoms with Gasteiger partial charge in [-0.15, -0.1) is 0 Å². The number of esters is 1. The minimum Gasteiger partial charge on any atom is -0.463 e. The van der Waals surface area contributed by atoms with Crippen molar-refractivity contribution in [3.05, 3.63) is 60.0 Å². The van der Waals surface area contributed by atoms with Crippen LogP contribution in [-0.4, -0.2) is 50.4 Å². The lowest BCUT2D eigenvalue weighted by atomic mass is 9.87. The summed E-state index contributed by atoms with van der Waals surface area (Å²) in [6.45, 7) is 0.121.